The van der Waals surface area contributed by atoms with Crippen LogP contribution in [0, 0.1) is 0 Å². The van der Waals surface area contributed by atoms with Crippen molar-refractivity contribution in [2.75, 3.05) is 6.54 Å². The van der Waals surface area contributed by atoms with Crippen LogP contribution in [-0.4, -0.2) is 44.0 Å². The van der Waals surface area contributed by atoms with E-state index in [0.717, 1.165) is 61.5 Å². The summed E-state index contributed by atoms with van der Waals surface area (Å²) in [5, 5.41) is 4.36. The Morgan fingerprint density at radius 2 is 1.83 bits per heavy atom. The van der Waals surface area contributed by atoms with E-state index < -0.39 is 5.54 Å². The Hall–Kier alpha value is -3.28. The lowest BCUT2D eigenvalue weighted by Gasteiger charge is -2.45. The monoisotopic (exact) mass is 484 g/mol. The molecule has 6 nitrogen and oxygen atoms in total. The minimum absolute atomic E-state index is 0.0219. The van der Waals surface area contributed by atoms with Crippen molar-refractivity contribution in [2.24, 2.45) is 0 Å². The molecule has 1 saturated carbocycles. The molecule has 1 aliphatic heterocycles. The van der Waals surface area contributed by atoms with E-state index in [2.05, 4.69) is 28.1 Å². The number of rotatable bonds is 6. The number of fused-ring (bicyclic) bond motifs is 3. The smallest absolute Gasteiger partial charge is 0.273 e. The molecule has 3 aliphatic rings. The van der Waals surface area contributed by atoms with E-state index in [1.54, 1.807) is 0 Å². The summed E-state index contributed by atoms with van der Waals surface area (Å²) in [5.41, 5.74) is 3.05. The van der Waals surface area contributed by atoms with Gasteiger partial charge < -0.3 is 19.4 Å². The summed E-state index contributed by atoms with van der Waals surface area (Å²) in [6.45, 7) is 2.98. The lowest BCUT2D eigenvalue weighted by molar-refractivity contribution is -0.133. The fourth-order valence-electron chi connectivity index (χ4n) is 6.50. The largest absolute Gasteiger partial charge is 0.351 e. The first-order valence-electron chi connectivity index (χ1n) is 13.6. The molecule has 188 valence electrons. The molecule has 3 aromatic rings. The molecule has 1 unspecified atom stereocenters. The molecule has 2 aromatic heterocycles. The second-order valence-corrected chi connectivity index (χ2v) is 10.9. The van der Waals surface area contributed by atoms with E-state index in [1.807, 2.05) is 53.0 Å². The Morgan fingerprint density at radius 3 is 2.58 bits per heavy atom. The summed E-state index contributed by atoms with van der Waals surface area (Å²) in [4.78, 5) is 30.2. The number of amides is 2. The third-order valence-electron chi connectivity index (χ3n) is 8.54. The second-order valence-electron chi connectivity index (χ2n) is 10.9. The molecule has 6 heteroatoms. The molecule has 2 amide bonds. The Labute approximate surface area is 213 Å². The minimum atomic E-state index is -0.947. The maximum Gasteiger partial charge on any atom is 0.273 e. The SMILES string of the molecule is CC1(C(=O)NC2CCCC2)Cn2c(c(-n3cccc3)c3ccccc32)C(=O)N1CCC1=CCCCC1. The van der Waals surface area contributed by atoms with Crippen molar-refractivity contribution in [3.05, 3.63) is 66.1 Å². The van der Waals surface area contributed by atoms with Crippen LogP contribution in [0.2, 0.25) is 0 Å². The minimum Gasteiger partial charge on any atom is -0.351 e. The maximum absolute atomic E-state index is 14.4. The van der Waals surface area contributed by atoms with E-state index in [-0.39, 0.29) is 17.9 Å². The molecule has 2 aliphatic carbocycles. The molecule has 0 bridgehead atoms. The van der Waals surface area contributed by atoms with Crippen LogP contribution in [-0.2, 0) is 11.3 Å². The lowest BCUT2D eigenvalue weighted by Crippen LogP contribution is -2.65. The van der Waals surface area contributed by atoms with E-state index in [0.29, 0.717) is 18.8 Å². The van der Waals surface area contributed by atoms with Crippen molar-refractivity contribution in [1.29, 1.82) is 0 Å². The highest BCUT2D eigenvalue weighted by Gasteiger charge is 2.49. The third kappa shape index (κ3) is 3.87. The van der Waals surface area contributed by atoms with Gasteiger partial charge in [-0.1, -0.05) is 42.7 Å². The first kappa shape index (κ1) is 23.1. The molecule has 6 rings (SSSR count). The van der Waals surface area contributed by atoms with Gasteiger partial charge in [-0.3, -0.25) is 9.59 Å². The van der Waals surface area contributed by atoms with Crippen LogP contribution in [0.5, 0.6) is 0 Å². The number of allylic oxidation sites excluding steroid dienone is 1. The number of hydrogen-bond donors (Lipinski definition) is 1. The van der Waals surface area contributed by atoms with Crippen molar-refractivity contribution in [3.8, 4) is 5.69 Å². The summed E-state index contributed by atoms with van der Waals surface area (Å²) in [7, 11) is 0. The molecule has 0 spiro atoms. The molecule has 1 atom stereocenters. The van der Waals surface area contributed by atoms with Crippen LogP contribution < -0.4 is 5.32 Å². The van der Waals surface area contributed by atoms with Crippen LogP contribution in [0.15, 0.2) is 60.4 Å². The lowest BCUT2D eigenvalue weighted by atomic mass is 9.92. The van der Waals surface area contributed by atoms with Gasteiger partial charge in [0.2, 0.25) is 5.91 Å². The Balaban J connectivity index is 1.44. The Kier molecular flexibility index (Phi) is 5.98. The predicted molar refractivity (Wildman–Crippen MR) is 142 cm³/mol. The van der Waals surface area contributed by atoms with Gasteiger partial charge in [0.15, 0.2) is 0 Å². The Morgan fingerprint density at radius 1 is 1.06 bits per heavy atom. The van der Waals surface area contributed by atoms with Crippen molar-refractivity contribution >= 4 is 22.7 Å². The second kappa shape index (κ2) is 9.30. The van der Waals surface area contributed by atoms with Gasteiger partial charge >= 0.3 is 0 Å². The zero-order chi connectivity index (χ0) is 24.7. The van der Waals surface area contributed by atoms with Crippen molar-refractivity contribution in [3.63, 3.8) is 0 Å². The molecule has 1 N–H and O–H groups in total. The molecule has 1 aromatic carbocycles. The molecular weight excluding hydrogens is 448 g/mol. The average Bonchev–Trinajstić information content (AvgIpc) is 3.65. The zero-order valence-electron chi connectivity index (χ0n) is 21.2. The highest BCUT2D eigenvalue weighted by Crippen LogP contribution is 2.38. The molecule has 0 saturated heterocycles. The van der Waals surface area contributed by atoms with Crippen LogP contribution >= 0.6 is 0 Å². The topological polar surface area (TPSA) is 59.3 Å². The van der Waals surface area contributed by atoms with Gasteiger partial charge in [-0.15, -0.1) is 0 Å². The van der Waals surface area contributed by atoms with E-state index >= 15 is 0 Å². The van der Waals surface area contributed by atoms with Gasteiger partial charge in [-0.2, -0.15) is 0 Å². The molecule has 0 radical (unpaired) electrons. The van der Waals surface area contributed by atoms with Gasteiger partial charge in [-0.05, 0) is 70.1 Å². The highest BCUT2D eigenvalue weighted by molar-refractivity contribution is 6.08. The predicted octanol–water partition coefficient (Wildman–Crippen LogP) is 5.60. The zero-order valence-corrected chi connectivity index (χ0v) is 21.2. The first-order valence-corrected chi connectivity index (χ1v) is 13.6. The summed E-state index contributed by atoms with van der Waals surface area (Å²) < 4.78 is 4.13. The number of aromatic nitrogens is 2. The number of carbonyl (C=O) groups excluding carboxylic acids is 2. The standard InChI is InChI=1S/C30H36N4O2/c1-30(29(36)31-23-13-5-6-14-23)21-33-25-16-8-7-15-24(25)26(32-18-9-10-19-32)27(33)28(35)34(30)20-17-22-11-3-2-4-12-22/h7-11,15-16,18-19,23H,2-6,12-14,17,20-21H2,1H3,(H,31,36). The summed E-state index contributed by atoms with van der Waals surface area (Å²) in [6, 6.07) is 12.4. The molecule has 1 fully saturated rings. The van der Waals surface area contributed by atoms with Crippen molar-refractivity contribution in [2.45, 2.75) is 82.8 Å². The molecular formula is C30H36N4O2. The van der Waals surface area contributed by atoms with Crippen LogP contribution in [0.25, 0.3) is 16.6 Å². The van der Waals surface area contributed by atoms with Gasteiger partial charge in [0, 0.05) is 30.4 Å². The van der Waals surface area contributed by atoms with E-state index in [4.69, 9.17) is 0 Å². The third-order valence-corrected chi connectivity index (χ3v) is 8.54. The van der Waals surface area contributed by atoms with Crippen LogP contribution in [0.1, 0.15) is 75.2 Å². The average molecular weight is 485 g/mol. The maximum atomic E-state index is 14.4. The van der Waals surface area contributed by atoms with Gasteiger partial charge in [0.1, 0.15) is 11.2 Å². The number of hydrogen-bond acceptors (Lipinski definition) is 2. The number of benzene rings is 1. The summed E-state index contributed by atoms with van der Waals surface area (Å²) >= 11 is 0. The number of para-hydroxylation sites is 1. The van der Waals surface area contributed by atoms with Gasteiger partial charge in [0.25, 0.3) is 5.91 Å². The van der Waals surface area contributed by atoms with Crippen molar-refractivity contribution < 1.29 is 9.59 Å². The normalized spacial score (nSPS) is 22.6. The van der Waals surface area contributed by atoms with E-state index in [1.165, 1.54) is 18.4 Å². The van der Waals surface area contributed by atoms with Crippen LogP contribution in [0.3, 0.4) is 0 Å². The molecule has 3 heterocycles. The Bertz CT molecular complexity index is 1310. The molecule has 36 heavy (non-hydrogen) atoms. The number of carbonyl (C=O) groups is 2. The number of nitrogens with zero attached hydrogens (tertiary/aromatic N) is 3. The fourth-order valence-corrected chi connectivity index (χ4v) is 6.50. The first-order chi connectivity index (χ1) is 17.6. The van der Waals surface area contributed by atoms with E-state index in [9.17, 15) is 9.59 Å². The van der Waals surface area contributed by atoms with Crippen molar-refractivity contribution in [1.82, 2.24) is 19.4 Å². The van der Waals surface area contributed by atoms with Gasteiger partial charge in [-0.25, -0.2) is 0 Å². The highest BCUT2D eigenvalue weighted by atomic mass is 16.2. The van der Waals surface area contributed by atoms with Gasteiger partial charge in [0.05, 0.1) is 17.7 Å². The quantitative estimate of drug-likeness (QED) is 0.463. The number of nitrogens with one attached hydrogen (secondary N) is 1. The fraction of sp³-hybridized carbons (Fsp3) is 0.467. The summed E-state index contributed by atoms with van der Waals surface area (Å²) in [5.74, 6) is -0.0760. The summed E-state index contributed by atoms with van der Waals surface area (Å²) in [6.07, 6.45) is 16.2. The van der Waals surface area contributed by atoms with Crippen LogP contribution in [0.4, 0.5) is 0 Å².